The zero-order valence-corrected chi connectivity index (χ0v) is 27.7. The molecule has 0 saturated carbocycles. The Balaban J connectivity index is 0.000000257. The number of benzene rings is 2. The lowest BCUT2D eigenvalue weighted by molar-refractivity contribution is 0.0184. The molecule has 2 heterocycles. The highest BCUT2D eigenvalue weighted by Crippen LogP contribution is 2.27. The molecule has 2 aliphatic rings. The fourth-order valence-electron chi connectivity index (χ4n) is 5.60. The quantitative estimate of drug-likeness (QED) is 0.193. The SMILES string of the molecule is CCOC(=O)c1ccc(CC2CCN(C(=O)OC(C)(C)C)CC2)c(N)c1.CCOC(=O)c1ccc(CC2CCNCC2)c(N)c1. The number of anilines is 2. The Bertz CT molecular complexity index is 1280. The van der Waals surface area contributed by atoms with Crippen LogP contribution >= 0.6 is 0 Å². The van der Waals surface area contributed by atoms with E-state index in [-0.39, 0.29) is 18.0 Å². The average molecular weight is 625 g/mol. The predicted octanol–water partition coefficient (Wildman–Crippen LogP) is 5.62. The Morgan fingerprint density at radius 3 is 1.62 bits per heavy atom. The van der Waals surface area contributed by atoms with Gasteiger partial charge in [0.25, 0.3) is 0 Å². The first-order valence-corrected chi connectivity index (χ1v) is 16.2. The number of nitrogens with one attached hydrogen (secondary N) is 1. The van der Waals surface area contributed by atoms with Crippen LogP contribution in [0, 0.1) is 11.8 Å². The molecule has 2 aromatic carbocycles. The number of piperidine rings is 2. The Morgan fingerprint density at radius 2 is 1.22 bits per heavy atom. The molecule has 2 saturated heterocycles. The van der Waals surface area contributed by atoms with Crippen molar-refractivity contribution < 1.29 is 28.6 Å². The zero-order valence-electron chi connectivity index (χ0n) is 27.7. The van der Waals surface area contributed by atoms with Crippen molar-refractivity contribution in [3.8, 4) is 0 Å². The summed E-state index contributed by atoms with van der Waals surface area (Å²) in [7, 11) is 0. The first kappa shape index (κ1) is 35.7. The summed E-state index contributed by atoms with van der Waals surface area (Å²) in [6, 6.07) is 10.9. The van der Waals surface area contributed by atoms with Gasteiger partial charge in [-0.15, -0.1) is 0 Å². The minimum Gasteiger partial charge on any atom is -0.462 e. The molecule has 0 aliphatic carbocycles. The van der Waals surface area contributed by atoms with Gasteiger partial charge in [-0.2, -0.15) is 0 Å². The third-order valence-electron chi connectivity index (χ3n) is 8.06. The molecule has 0 unspecified atom stereocenters. The zero-order chi connectivity index (χ0) is 33.0. The summed E-state index contributed by atoms with van der Waals surface area (Å²) >= 11 is 0. The molecule has 1 amide bonds. The topological polar surface area (TPSA) is 146 Å². The standard InChI is InChI=1S/C20H30N2O4.C15H22N2O2/c1-5-25-18(23)16-7-6-15(17(21)13-16)12-14-8-10-22(11-9-14)19(24)26-20(2,3)4;1-2-19-15(18)13-4-3-12(14(16)10-13)9-11-5-7-17-8-6-11/h6-7,13-14H,5,8-12,21H2,1-4H3;3-4,10-11,17H,2,5-9,16H2,1H3. The van der Waals surface area contributed by atoms with Crippen LogP contribution in [0.25, 0.3) is 0 Å². The van der Waals surface area contributed by atoms with Crippen LogP contribution in [0.2, 0.25) is 0 Å². The number of carbonyl (C=O) groups is 3. The minimum absolute atomic E-state index is 0.241. The molecule has 0 spiro atoms. The fourth-order valence-corrected chi connectivity index (χ4v) is 5.60. The molecule has 0 aromatic heterocycles. The third-order valence-corrected chi connectivity index (χ3v) is 8.06. The molecule has 0 bridgehead atoms. The highest BCUT2D eigenvalue weighted by molar-refractivity contribution is 5.91. The molecule has 45 heavy (non-hydrogen) atoms. The first-order chi connectivity index (χ1) is 21.4. The number of nitrogens with zero attached hydrogens (tertiary/aromatic N) is 1. The van der Waals surface area contributed by atoms with Crippen molar-refractivity contribution in [3.63, 3.8) is 0 Å². The van der Waals surface area contributed by atoms with Crippen molar-refractivity contribution in [3.05, 3.63) is 58.7 Å². The van der Waals surface area contributed by atoms with E-state index in [4.69, 9.17) is 25.7 Å². The van der Waals surface area contributed by atoms with Gasteiger partial charge < -0.3 is 35.9 Å². The molecule has 10 nitrogen and oxygen atoms in total. The maximum Gasteiger partial charge on any atom is 0.410 e. The van der Waals surface area contributed by atoms with Gasteiger partial charge in [-0.05, 0) is 133 Å². The Morgan fingerprint density at radius 1 is 0.778 bits per heavy atom. The van der Waals surface area contributed by atoms with Gasteiger partial charge in [-0.25, -0.2) is 14.4 Å². The Kier molecular flexibility index (Phi) is 13.5. The van der Waals surface area contributed by atoms with Gasteiger partial charge in [0.15, 0.2) is 0 Å². The number of nitrogens with two attached hydrogens (primary N) is 2. The number of nitrogen functional groups attached to an aromatic ring is 2. The van der Waals surface area contributed by atoms with Crippen LogP contribution in [-0.4, -0.2) is 67.9 Å². The van der Waals surface area contributed by atoms with Crippen LogP contribution in [0.3, 0.4) is 0 Å². The lowest BCUT2D eigenvalue weighted by atomic mass is 9.89. The van der Waals surface area contributed by atoms with E-state index in [1.54, 1.807) is 36.9 Å². The van der Waals surface area contributed by atoms with Crippen molar-refractivity contribution in [1.29, 1.82) is 0 Å². The monoisotopic (exact) mass is 624 g/mol. The van der Waals surface area contributed by atoms with Crippen LogP contribution in [-0.2, 0) is 27.1 Å². The second-order valence-electron chi connectivity index (χ2n) is 12.8. The number of esters is 2. The lowest BCUT2D eigenvalue weighted by Crippen LogP contribution is -2.42. The molecule has 2 aliphatic heterocycles. The molecule has 2 fully saturated rings. The van der Waals surface area contributed by atoms with Crippen LogP contribution < -0.4 is 16.8 Å². The van der Waals surface area contributed by atoms with Gasteiger partial charge in [0.1, 0.15) is 5.60 Å². The van der Waals surface area contributed by atoms with Gasteiger partial charge in [0.2, 0.25) is 0 Å². The van der Waals surface area contributed by atoms with Crippen molar-refractivity contribution in [2.45, 2.75) is 78.7 Å². The number of hydrogen-bond donors (Lipinski definition) is 3. The van der Waals surface area contributed by atoms with E-state index in [1.807, 2.05) is 39.0 Å². The highest BCUT2D eigenvalue weighted by Gasteiger charge is 2.27. The van der Waals surface area contributed by atoms with Gasteiger partial charge in [-0.1, -0.05) is 12.1 Å². The molecule has 5 N–H and O–H groups in total. The summed E-state index contributed by atoms with van der Waals surface area (Å²) in [4.78, 5) is 37.3. The molecule has 248 valence electrons. The van der Waals surface area contributed by atoms with E-state index in [1.165, 1.54) is 12.8 Å². The normalized spacial score (nSPS) is 15.9. The third kappa shape index (κ3) is 11.6. The van der Waals surface area contributed by atoms with Gasteiger partial charge in [0.05, 0.1) is 24.3 Å². The maximum absolute atomic E-state index is 12.1. The van der Waals surface area contributed by atoms with E-state index in [2.05, 4.69) is 5.32 Å². The van der Waals surface area contributed by atoms with Crippen molar-refractivity contribution in [2.75, 3.05) is 50.9 Å². The minimum atomic E-state index is -0.469. The van der Waals surface area contributed by atoms with E-state index in [0.717, 1.165) is 49.9 Å². The number of amides is 1. The van der Waals surface area contributed by atoms with Crippen LogP contribution in [0.4, 0.5) is 16.2 Å². The number of carbonyl (C=O) groups excluding carboxylic acids is 3. The molecule has 0 radical (unpaired) electrons. The number of hydrogen-bond acceptors (Lipinski definition) is 9. The van der Waals surface area contributed by atoms with Crippen LogP contribution in [0.1, 0.15) is 92.1 Å². The fraction of sp³-hybridized carbons (Fsp3) is 0.571. The van der Waals surface area contributed by atoms with Crippen molar-refractivity contribution in [1.82, 2.24) is 10.2 Å². The molecule has 2 aromatic rings. The largest absolute Gasteiger partial charge is 0.462 e. The van der Waals surface area contributed by atoms with Gasteiger partial charge in [-0.3, -0.25) is 0 Å². The molecular formula is C35H52N4O6. The predicted molar refractivity (Wildman–Crippen MR) is 177 cm³/mol. The summed E-state index contributed by atoms with van der Waals surface area (Å²) in [6.07, 6.45) is 5.82. The van der Waals surface area contributed by atoms with Crippen LogP contribution in [0.5, 0.6) is 0 Å². The number of ether oxygens (including phenoxy) is 3. The van der Waals surface area contributed by atoms with E-state index in [0.29, 0.717) is 60.6 Å². The smallest absolute Gasteiger partial charge is 0.410 e. The molecule has 0 atom stereocenters. The average Bonchev–Trinajstić information content (AvgIpc) is 3.00. The number of likely N-dealkylation sites (tertiary alicyclic amines) is 1. The maximum atomic E-state index is 12.1. The summed E-state index contributed by atoms with van der Waals surface area (Å²) in [5.74, 6) is 0.500. The second-order valence-corrected chi connectivity index (χ2v) is 12.8. The lowest BCUT2D eigenvalue weighted by Gasteiger charge is -2.33. The van der Waals surface area contributed by atoms with Crippen LogP contribution in [0.15, 0.2) is 36.4 Å². The highest BCUT2D eigenvalue weighted by atomic mass is 16.6. The first-order valence-electron chi connectivity index (χ1n) is 16.2. The second kappa shape index (κ2) is 17.1. The van der Waals surface area contributed by atoms with E-state index < -0.39 is 5.60 Å². The Hall–Kier alpha value is -3.79. The summed E-state index contributed by atoms with van der Waals surface area (Å²) in [5.41, 5.74) is 16.2. The summed E-state index contributed by atoms with van der Waals surface area (Å²) < 4.78 is 15.4. The van der Waals surface area contributed by atoms with E-state index in [9.17, 15) is 14.4 Å². The van der Waals surface area contributed by atoms with Gasteiger partial charge in [0, 0.05) is 24.5 Å². The van der Waals surface area contributed by atoms with E-state index >= 15 is 0 Å². The molecule has 10 heteroatoms. The Labute approximate surface area is 268 Å². The molecule has 4 rings (SSSR count). The number of rotatable bonds is 8. The van der Waals surface area contributed by atoms with Gasteiger partial charge >= 0.3 is 18.0 Å². The van der Waals surface area contributed by atoms with Crippen molar-refractivity contribution >= 4 is 29.4 Å². The summed E-state index contributed by atoms with van der Waals surface area (Å²) in [6.45, 7) is 13.5. The summed E-state index contributed by atoms with van der Waals surface area (Å²) in [5, 5.41) is 3.36. The molecular weight excluding hydrogens is 572 g/mol. The van der Waals surface area contributed by atoms with Crippen molar-refractivity contribution in [2.24, 2.45) is 11.8 Å².